The van der Waals surface area contributed by atoms with Crippen LogP contribution in [0.5, 0.6) is 5.75 Å². The number of aliphatic hydroxyl groups excluding tert-OH is 1. The highest BCUT2D eigenvalue weighted by atomic mass is 32.1. The van der Waals surface area contributed by atoms with Crippen LogP contribution >= 0.6 is 12.2 Å². The molecule has 1 unspecified atom stereocenters. The van der Waals surface area contributed by atoms with E-state index in [4.69, 9.17) is 26.1 Å². The lowest BCUT2D eigenvalue weighted by Crippen LogP contribution is -2.58. The SMILES string of the molecule is Cc1ncoc1-c1ccc(CNC(=O)[C@@H]2C[C@@H](O)CN2C(=O)C(NC(=O)COCCCCOc2ccc(-c3ccc(N4C(=S)N(c5cnc(C#N)c(C(F)(F)F)c5)C(=O)C45CCC5)cc3)cc2)C(C)(C)C)cc1. The Hall–Kier alpha value is -7.21. The molecule has 2 aromatic heterocycles. The van der Waals surface area contributed by atoms with Gasteiger partial charge in [0.25, 0.3) is 5.91 Å². The maximum atomic E-state index is 14.0. The zero-order chi connectivity index (χ0) is 52.2. The molecule has 3 atom stereocenters. The average Bonchev–Trinajstić information content (AvgIpc) is 4.04. The number of unbranched alkanes of at least 4 members (excludes halogenated alkanes) is 1. The Balaban J connectivity index is 0.773. The molecule has 3 aliphatic rings. The van der Waals surface area contributed by atoms with Crippen molar-refractivity contribution in [2.45, 2.75) is 103 Å². The van der Waals surface area contributed by atoms with E-state index in [0.29, 0.717) is 49.5 Å². The number of oxazole rings is 1. The molecule has 3 fully saturated rings. The van der Waals surface area contributed by atoms with Gasteiger partial charge in [-0.05, 0) is 104 Å². The van der Waals surface area contributed by atoms with Gasteiger partial charge in [-0.3, -0.25) is 24.1 Å². The number of carbonyl (C=O) groups is 4. The van der Waals surface area contributed by atoms with Crippen LogP contribution in [-0.4, -0.2) is 98.8 Å². The Morgan fingerprint density at radius 1 is 0.959 bits per heavy atom. The highest BCUT2D eigenvalue weighted by molar-refractivity contribution is 7.81. The van der Waals surface area contributed by atoms with E-state index in [0.717, 1.165) is 51.5 Å². The number of amides is 4. The molecule has 1 spiro atoms. The van der Waals surface area contributed by atoms with Crippen molar-refractivity contribution in [3.63, 3.8) is 0 Å². The number of ether oxygens (including phenoxy) is 2. The highest BCUT2D eigenvalue weighted by Crippen LogP contribution is 2.48. The first kappa shape index (κ1) is 52.1. The molecule has 1 saturated carbocycles. The predicted octanol–water partition coefficient (Wildman–Crippen LogP) is 7.65. The minimum atomic E-state index is -4.86. The fraction of sp³-hybridized carbons (Fsp3) is 0.396. The first-order valence-corrected chi connectivity index (χ1v) is 24.3. The molecule has 4 amide bonds. The van der Waals surface area contributed by atoms with Crippen molar-refractivity contribution in [1.82, 2.24) is 25.5 Å². The number of alkyl halides is 3. The molecule has 3 N–H and O–H groups in total. The van der Waals surface area contributed by atoms with Gasteiger partial charge in [-0.1, -0.05) is 69.3 Å². The van der Waals surface area contributed by atoms with Crippen LogP contribution in [0.1, 0.15) is 81.8 Å². The molecule has 2 saturated heterocycles. The van der Waals surface area contributed by atoms with Gasteiger partial charge in [0.15, 0.2) is 23.0 Å². The number of benzene rings is 3. The van der Waals surface area contributed by atoms with Gasteiger partial charge < -0.3 is 39.4 Å². The van der Waals surface area contributed by atoms with Crippen LogP contribution in [0, 0.1) is 23.7 Å². The Kier molecular flexibility index (Phi) is 15.3. The summed E-state index contributed by atoms with van der Waals surface area (Å²) in [6.07, 6.45) is -0.340. The van der Waals surface area contributed by atoms with E-state index in [1.165, 1.54) is 17.4 Å². The Bertz CT molecular complexity index is 2900. The van der Waals surface area contributed by atoms with E-state index in [9.17, 15) is 42.7 Å². The van der Waals surface area contributed by atoms with Crippen molar-refractivity contribution in [1.29, 1.82) is 5.26 Å². The lowest BCUT2D eigenvalue weighted by atomic mass is 9.75. The van der Waals surface area contributed by atoms with Gasteiger partial charge in [-0.25, -0.2) is 9.97 Å². The standard InChI is InChI=1S/C53H55F3N8O8S/c1-32-45(72-31-60-32)36-10-8-33(9-11-36)27-59-47(67)43-25-39(65)29-62(43)48(68)46(51(2,3)4)61-44(66)30-70-22-5-6-23-71-40-18-14-35(15-19-40)34-12-16-37(17-13-34)64-50(73)63(49(69)52(64)20-7-21-52)38-24-41(53(54,55)56)42(26-57)58-28-38/h8-19,24,28,31,39,43,46,65H,5-7,20-23,25,27,29-30H2,1-4H3,(H,59,67)(H,61,66)/t39-,43+,46?/m1/s1. The summed E-state index contributed by atoms with van der Waals surface area (Å²) in [5.74, 6) is -0.496. The maximum Gasteiger partial charge on any atom is 0.419 e. The van der Waals surface area contributed by atoms with Crippen molar-refractivity contribution in [2.75, 3.05) is 36.2 Å². The summed E-state index contributed by atoms with van der Waals surface area (Å²) in [6, 6.07) is 22.6. The number of β-amino-alcohol motifs (C(OH)–C–C–N with tert-alkyl or cyclic N) is 1. The minimum Gasteiger partial charge on any atom is -0.494 e. The van der Waals surface area contributed by atoms with Crippen molar-refractivity contribution >= 4 is 52.3 Å². The van der Waals surface area contributed by atoms with E-state index in [2.05, 4.69) is 20.6 Å². The zero-order valence-corrected chi connectivity index (χ0v) is 41.5. The molecular formula is C53H55F3N8O8S. The summed E-state index contributed by atoms with van der Waals surface area (Å²) in [7, 11) is 0. The first-order chi connectivity index (χ1) is 34.8. The van der Waals surface area contributed by atoms with Gasteiger partial charge in [0.05, 0.1) is 35.9 Å². The third-order valence-corrected chi connectivity index (χ3v) is 13.7. The van der Waals surface area contributed by atoms with E-state index >= 15 is 0 Å². The topological polar surface area (TPSA) is 203 Å². The normalized spacial score (nSPS) is 17.9. The summed E-state index contributed by atoms with van der Waals surface area (Å²) in [5, 5.41) is 25.5. The number of rotatable bonds is 17. The molecule has 3 aromatic carbocycles. The molecule has 4 heterocycles. The molecule has 382 valence electrons. The smallest absolute Gasteiger partial charge is 0.419 e. The van der Waals surface area contributed by atoms with Crippen molar-refractivity contribution in [3.8, 4) is 34.3 Å². The van der Waals surface area contributed by atoms with Crippen LogP contribution in [0.4, 0.5) is 24.5 Å². The molecule has 0 radical (unpaired) electrons. The van der Waals surface area contributed by atoms with Crippen LogP contribution in [0.25, 0.3) is 22.5 Å². The second-order valence-corrected chi connectivity index (χ2v) is 19.8. The molecule has 73 heavy (non-hydrogen) atoms. The first-order valence-electron chi connectivity index (χ1n) is 23.9. The predicted molar refractivity (Wildman–Crippen MR) is 267 cm³/mol. The van der Waals surface area contributed by atoms with Crippen LogP contribution < -0.4 is 25.2 Å². The fourth-order valence-electron chi connectivity index (χ4n) is 9.28. The number of anilines is 2. The largest absolute Gasteiger partial charge is 0.494 e. The molecule has 16 nitrogen and oxygen atoms in total. The molecule has 1 aliphatic carbocycles. The third kappa shape index (κ3) is 11.2. The van der Waals surface area contributed by atoms with Gasteiger partial charge in [0.1, 0.15) is 36.0 Å². The number of pyridine rings is 1. The Morgan fingerprint density at radius 3 is 2.22 bits per heavy atom. The Labute approximate surface area is 425 Å². The van der Waals surface area contributed by atoms with E-state index in [-0.39, 0.29) is 43.5 Å². The monoisotopic (exact) mass is 1020 g/mol. The number of nitrogens with zero attached hydrogens (tertiary/aromatic N) is 6. The number of hydrogen-bond acceptors (Lipinski definition) is 12. The second kappa shape index (κ2) is 21.5. The molecule has 20 heteroatoms. The average molecular weight is 1020 g/mol. The van der Waals surface area contributed by atoms with Gasteiger partial charge in [0, 0.05) is 37.4 Å². The van der Waals surface area contributed by atoms with E-state index in [1.807, 2.05) is 100 Å². The number of carbonyl (C=O) groups excluding carboxylic acids is 4. The van der Waals surface area contributed by atoms with Crippen LogP contribution in [0.3, 0.4) is 0 Å². The van der Waals surface area contributed by atoms with E-state index in [1.54, 1.807) is 4.90 Å². The lowest BCUT2D eigenvalue weighted by Gasteiger charge is -2.43. The van der Waals surface area contributed by atoms with Crippen molar-refractivity contribution in [2.24, 2.45) is 5.41 Å². The highest BCUT2D eigenvalue weighted by Gasteiger charge is 2.60. The maximum absolute atomic E-state index is 14.0. The quantitative estimate of drug-likeness (QED) is 0.0606. The van der Waals surface area contributed by atoms with Gasteiger partial charge in [0.2, 0.25) is 17.7 Å². The number of hydrogen-bond donors (Lipinski definition) is 3. The number of halogens is 3. The zero-order valence-electron chi connectivity index (χ0n) is 40.7. The minimum absolute atomic E-state index is 0.0305. The summed E-state index contributed by atoms with van der Waals surface area (Å²) >= 11 is 5.74. The van der Waals surface area contributed by atoms with Crippen LogP contribution in [0.15, 0.2) is 95.9 Å². The number of aromatic nitrogens is 2. The number of likely N-dealkylation sites (tertiary alicyclic amines) is 1. The van der Waals surface area contributed by atoms with Crippen LogP contribution in [0.2, 0.25) is 0 Å². The molecular weight excluding hydrogens is 966 g/mol. The number of nitriles is 1. The van der Waals surface area contributed by atoms with E-state index < -0.39 is 70.2 Å². The molecule has 8 rings (SSSR count). The third-order valence-electron chi connectivity index (χ3n) is 13.3. The van der Waals surface area contributed by atoms with Crippen LogP contribution in [-0.2, 0) is 36.6 Å². The molecule has 5 aromatic rings. The van der Waals surface area contributed by atoms with Crippen molar-refractivity contribution in [3.05, 3.63) is 114 Å². The summed E-state index contributed by atoms with van der Waals surface area (Å²) < 4.78 is 58.5. The van der Waals surface area contributed by atoms with Gasteiger partial charge in [-0.2, -0.15) is 18.4 Å². The van der Waals surface area contributed by atoms with Gasteiger partial charge >= 0.3 is 6.18 Å². The lowest BCUT2D eigenvalue weighted by molar-refractivity contribution is -0.144. The fourth-order valence-corrected chi connectivity index (χ4v) is 9.75. The summed E-state index contributed by atoms with van der Waals surface area (Å²) in [5.41, 5.74) is 0.869. The summed E-state index contributed by atoms with van der Waals surface area (Å²) in [4.78, 5) is 66.4. The molecule has 2 aliphatic heterocycles. The second-order valence-electron chi connectivity index (χ2n) is 19.5. The number of nitrogens with one attached hydrogen (secondary N) is 2. The Morgan fingerprint density at radius 2 is 1.62 bits per heavy atom. The number of thiocarbonyl (C=S) groups is 1. The number of aliphatic hydroxyl groups is 1. The van der Waals surface area contributed by atoms with Crippen molar-refractivity contribution < 1.29 is 51.3 Å². The summed E-state index contributed by atoms with van der Waals surface area (Å²) in [6.45, 7) is 7.82. The number of aryl methyl sites for hydroxylation is 1. The molecule has 0 bridgehead atoms. The van der Waals surface area contributed by atoms with Gasteiger partial charge in [-0.15, -0.1) is 0 Å².